The van der Waals surface area contributed by atoms with Crippen LogP contribution in [-0.4, -0.2) is 63.9 Å². The minimum atomic E-state index is -1.88. The van der Waals surface area contributed by atoms with Crippen LogP contribution in [0.25, 0.3) is 10.8 Å². The summed E-state index contributed by atoms with van der Waals surface area (Å²) in [6, 6.07) is 8.56. The fourth-order valence-electron chi connectivity index (χ4n) is 4.35. The SMILES string of the molecule is COc1ccc(NC(=O)Cn2ncc3cc(OC)nc(N4CCC(CCP(O)O)CC4)c3c2=O)cc1. The average Bonchev–Trinajstić information content (AvgIpc) is 2.89. The second kappa shape index (κ2) is 11.6. The molecule has 192 valence electrons. The van der Waals surface area contributed by atoms with Crippen LogP contribution in [0, 0.1) is 5.92 Å². The molecule has 3 aromatic rings. The van der Waals surface area contributed by atoms with E-state index >= 15 is 0 Å². The fraction of sp³-hybridized carbons (Fsp3) is 0.417. The number of nitrogens with one attached hydrogen (secondary N) is 1. The molecule has 3 N–H and O–H groups in total. The van der Waals surface area contributed by atoms with E-state index in [-0.39, 0.29) is 12.5 Å². The number of anilines is 2. The highest BCUT2D eigenvalue weighted by Crippen LogP contribution is 2.33. The number of piperidine rings is 1. The van der Waals surface area contributed by atoms with E-state index in [1.54, 1.807) is 43.6 Å². The molecule has 1 saturated heterocycles. The largest absolute Gasteiger partial charge is 0.497 e. The molecule has 0 atom stereocenters. The first kappa shape index (κ1) is 25.8. The summed E-state index contributed by atoms with van der Waals surface area (Å²) in [5, 5.41) is 7.94. The Labute approximate surface area is 209 Å². The Kier molecular flexibility index (Phi) is 8.35. The maximum Gasteiger partial charge on any atom is 0.278 e. The Morgan fingerprint density at radius 2 is 1.89 bits per heavy atom. The van der Waals surface area contributed by atoms with Crippen molar-refractivity contribution in [3.05, 3.63) is 46.9 Å². The van der Waals surface area contributed by atoms with Gasteiger partial charge < -0.3 is 29.5 Å². The number of ether oxygens (including phenoxy) is 2. The van der Waals surface area contributed by atoms with Gasteiger partial charge in [0.25, 0.3) is 5.56 Å². The Balaban J connectivity index is 1.56. The van der Waals surface area contributed by atoms with Crippen molar-refractivity contribution >= 4 is 36.6 Å². The number of pyridine rings is 1. The molecule has 0 spiro atoms. The van der Waals surface area contributed by atoms with Crippen LogP contribution in [0.3, 0.4) is 0 Å². The number of rotatable bonds is 9. The lowest BCUT2D eigenvalue weighted by Gasteiger charge is -2.33. The average molecular weight is 516 g/mol. The quantitative estimate of drug-likeness (QED) is 0.367. The molecule has 2 aromatic heterocycles. The Hall–Kier alpha value is -3.27. The van der Waals surface area contributed by atoms with Gasteiger partial charge in [0.2, 0.25) is 11.8 Å². The van der Waals surface area contributed by atoms with Crippen molar-refractivity contribution in [2.45, 2.75) is 25.8 Å². The van der Waals surface area contributed by atoms with Crippen molar-refractivity contribution < 1.29 is 24.1 Å². The highest BCUT2D eigenvalue weighted by atomic mass is 31.2. The first-order chi connectivity index (χ1) is 17.4. The third-order valence-corrected chi connectivity index (χ3v) is 6.98. The molecule has 0 unspecified atom stereocenters. The second-order valence-electron chi connectivity index (χ2n) is 8.65. The summed E-state index contributed by atoms with van der Waals surface area (Å²) in [5.74, 6) is 1.56. The van der Waals surface area contributed by atoms with Crippen molar-refractivity contribution in [3.63, 3.8) is 0 Å². The maximum atomic E-state index is 13.4. The molecule has 0 aliphatic carbocycles. The molecule has 1 amide bonds. The molecular weight excluding hydrogens is 485 g/mol. The summed E-state index contributed by atoms with van der Waals surface area (Å²) >= 11 is 0. The molecule has 1 fully saturated rings. The Bertz CT molecular complexity index is 1260. The molecule has 3 heterocycles. The van der Waals surface area contributed by atoms with Crippen molar-refractivity contribution in [3.8, 4) is 11.6 Å². The van der Waals surface area contributed by atoms with E-state index in [1.165, 1.54) is 7.11 Å². The number of methoxy groups -OCH3 is 2. The maximum absolute atomic E-state index is 13.4. The lowest BCUT2D eigenvalue weighted by atomic mass is 9.94. The number of carbonyl (C=O) groups excluding carboxylic acids is 1. The van der Waals surface area contributed by atoms with Gasteiger partial charge in [-0.25, -0.2) is 4.68 Å². The molecule has 11 nitrogen and oxygen atoms in total. The lowest BCUT2D eigenvalue weighted by Crippen LogP contribution is -2.36. The van der Waals surface area contributed by atoms with Crippen LogP contribution in [0.2, 0.25) is 0 Å². The van der Waals surface area contributed by atoms with E-state index in [2.05, 4.69) is 15.4 Å². The molecule has 12 heteroatoms. The molecule has 0 saturated carbocycles. The zero-order valence-electron chi connectivity index (χ0n) is 20.3. The third-order valence-electron chi connectivity index (χ3n) is 6.32. The van der Waals surface area contributed by atoms with E-state index in [4.69, 9.17) is 9.47 Å². The first-order valence-electron chi connectivity index (χ1n) is 11.7. The van der Waals surface area contributed by atoms with Crippen LogP contribution in [0.15, 0.2) is 41.3 Å². The summed E-state index contributed by atoms with van der Waals surface area (Å²) in [5.41, 5.74) is 0.176. The summed E-state index contributed by atoms with van der Waals surface area (Å²) in [4.78, 5) is 51.2. The molecule has 1 aliphatic heterocycles. The molecular formula is C24H30N5O6P. The minimum absolute atomic E-state index is 0.250. The van der Waals surface area contributed by atoms with Gasteiger partial charge in [-0.05, 0) is 49.4 Å². The molecule has 0 radical (unpaired) electrons. The van der Waals surface area contributed by atoms with Gasteiger partial charge in [0.1, 0.15) is 18.1 Å². The van der Waals surface area contributed by atoms with Crippen molar-refractivity contribution in [1.82, 2.24) is 14.8 Å². The Morgan fingerprint density at radius 1 is 1.17 bits per heavy atom. The lowest BCUT2D eigenvalue weighted by molar-refractivity contribution is -0.117. The van der Waals surface area contributed by atoms with Crippen LogP contribution < -0.4 is 25.2 Å². The van der Waals surface area contributed by atoms with Gasteiger partial charge in [-0.1, -0.05) is 0 Å². The van der Waals surface area contributed by atoms with E-state index in [0.29, 0.717) is 59.1 Å². The molecule has 4 rings (SSSR count). The van der Waals surface area contributed by atoms with E-state index in [1.807, 2.05) is 4.90 Å². The highest BCUT2D eigenvalue weighted by Gasteiger charge is 2.24. The van der Waals surface area contributed by atoms with Crippen molar-refractivity contribution in [1.29, 1.82) is 0 Å². The monoisotopic (exact) mass is 515 g/mol. The standard InChI is InChI=1S/C24H30N5O6P/c1-34-19-5-3-18(4-6-19)26-20(30)15-29-24(31)22-17(14-25-29)13-21(35-2)27-23(22)28-10-7-16(8-11-28)9-12-36(32)33/h3-6,13-14,16,32-33H,7-12,15H2,1-2H3,(H,26,30). The normalized spacial score (nSPS) is 14.3. The topological polar surface area (TPSA) is 139 Å². The second-order valence-corrected chi connectivity index (χ2v) is 9.84. The van der Waals surface area contributed by atoms with Gasteiger partial charge in [0.05, 0.1) is 25.8 Å². The number of hydrogen-bond donors (Lipinski definition) is 3. The zero-order chi connectivity index (χ0) is 25.7. The molecule has 1 aliphatic rings. The summed E-state index contributed by atoms with van der Waals surface area (Å²) in [6.07, 6.45) is 4.43. The van der Waals surface area contributed by atoms with Crippen LogP contribution >= 0.6 is 8.38 Å². The number of hydrogen-bond acceptors (Lipinski definition) is 9. The number of fused-ring (bicyclic) bond motifs is 1. The van der Waals surface area contributed by atoms with Crippen molar-refractivity contribution in [2.24, 2.45) is 5.92 Å². The highest BCUT2D eigenvalue weighted by molar-refractivity contribution is 7.45. The minimum Gasteiger partial charge on any atom is -0.497 e. The summed E-state index contributed by atoms with van der Waals surface area (Å²) < 4.78 is 11.6. The first-order valence-corrected chi connectivity index (χ1v) is 13.1. The predicted molar refractivity (Wildman–Crippen MR) is 138 cm³/mol. The predicted octanol–water partition coefficient (Wildman–Crippen LogP) is 2.35. The zero-order valence-corrected chi connectivity index (χ0v) is 21.1. The van der Waals surface area contributed by atoms with Gasteiger partial charge in [-0.3, -0.25) is 9.59 Å². The number of benzene rings is 1. The number of carbonyl (C=O) groups is 1. The smallest absolute Gasteiger partial charge is 0.278 e. The van der Waals surface area contributed by atoms with Gasteiger partial charge in [-0.15, -0.1) is 0 Å². The molecule has 1 aromatic carbocycles. The van der Waals surface area contributed by atoms with Crippen LogP contribution in [-0.2, 0) is 11.3 Å². The Morgan fingerprint density at radius 3 is 2.53 bits per heavy atom. The molecule has 36 heavy (non-hydrogen) atoms. The van der Waals surface area contributed by atoms with Gasteiger partial charge in [-0.2, -0.15) is 10.1 Å². The van der Waals surface area contributed by atoms with Crippen LogP contribution in [0.5, 0.6) is 11.6 Å². The van der Waals surface area contributed by atoms with Gasteiger partial charge >= 0.3 is 0 Å². The van der Waals surface area contributed by atoms with Gasteiger partial charge in [0, 0.05) is 36.4 Å². The van der Waals surface area contributed by atoms with E-state index in [0.717, 1.165) is 23.9 Å². The van der Waals surface area contributed by atoms with Gasteiger partial charge in [0.15, 0.2) is 8.38 Å². The number of aromatic nitrogens is 3. The van der Waals surface area contributed by atoms with Crippen LogP contribution in [0.4, 0.5) is 11.5 Å². The van der Waals surface area contributed by atoms with Crippen molar-refractivity contribution in [2.75, 3.05) is 43.7 Å². The fourth-order valence-corrected chi connectivity index (χ4v) is 4.95. The summed E-state index contributed by atoms with van der Waals surface area (Å²) in [7, 11) is 1.21. The molecule has 0 bridgehead atoms. The summed E-state index contributed by atoms with van der Waals surface area (Å²) in [6.45, 7) is 1.10. The number of nitrogens with zero attached hydrogens (tertiary/aromatic N) is 4. The van der Waals surface area contributed by atoms with E-state index < -0.39 is 13.9 Å². The number of amides is 1. The van der Waals surface area contributed by atoms with Crippen LogP contribution in [0.1, 0.15) is 19.3 Å². The third kappa shape index (κ3) is 6.10. The van der Waals surface area contributed by atoms with E-state index in [9.17, 15) is 19.4 Å².